The lowest BCUT2D eigenvalue weighted by molar-refractivity contribution is -0.133. The van der Waals surface area contributed by atoms with E-state index in [1.807, 2.05) is 0 Å². The highest BCUT2D eigenvalue weighted by Crippen LogP contribution is 2.87. The van der Waals surface area contributed by atoms with Gasteiger partial charge in [0.2, 0.25) is 0 Å². The summed E-state index contributed by atoms with van der Waals surface area (Å²) in [6, 6.07) is 0. The summed E-state index contributed by atoms with van der Waals surface area (Å²) in [4.78, 5) is 0. The van der Waals surface area contributed by atoms with E-state index in [9.17, 15) is 5.11 Å². The minimum atomic E-state index is -0.00318. The summed E-state index contributed by atoms with van der Waals surface area (Å²) >= 11 is 0. The van der Waals surface area contributed by atoms with Crippen LogP contribution in [0.25, 0.3) is 0 Å². The van der Waals surface area contributed by atoms with Gasteiger partial charge in [0.25, 0.3) is 0 Å². The molecule has 1 N–H and O–H groups in total. The predicted octanol–water partition coefficient (Wildman–Crippen LogP) is 7.78. The first kappa shape index (κ1) is 21.5. The maximum absolute atomic E-state index is 10.3. The van der Waals surface area contributed by atoms with Crippen molar-refractivity contribution in [2.75, 3.05) is 0 Å². The predicted molar refractivity (Wildman–Crippen MR) is 126 cm³/mol. The van der Waals surface area contributed by atoms with Crippen molar-refractivity contribution in [1.82, 2.24) is 0 Å². The third kappa shape index (κ3) is 2.63. The van der Waals surface area contributed by atoms with Crippen molar-refractivity contribution in [3.05, 3.63) is 12.2 Å². The van der Waals surface area contributed by atoms with Crippen LogP contribution in [0.5, 0.6) is 0 Å². The maximum atomic E-state index is 10.3. The Hall–Kier alpha value is -0.300. The van der Waals surface area contributed by atoms with Crippen molar-refractivity contribution in [3.8, 4) is 0 Å². The van der Waals surface area contributed by atoms with Gasteiger partial charge in [-0.15, -0.1) is 0 Å². The van der Waals surface area contributed by atoms with Gasteiger partial charge in [0.05, 0.1) is 6.10 Å². The van der Waals surface area contributed by atoms with Crippen LogP contribution in [0.1, 0.15) is 112 Å². The topological polar surface area (TPSA) is 20.2 Å². The fraction of sp³-hybridized carbons (Fsp3) is 0.931. The Morgan fingerprint density at radius 3 is 2.43 bits per heavy atom. The molecule has 0 radical (unpaired) electrons. The fourth-order valence-electron chi connectivity index (χ4n) is 10.5. The molecule has 5 saturated carbocycles. The number of allylic oxidation sites excluding steroid dienone is 1. The molecule has 0 aliphatic heterocycles. The zero-order chi connectivity index (χ0) is 21.5. The molecule has 1 nitrogen and oxygen atoms in total. The monoisotopic (exact) mass is 412 g/mol. The molecule has 0 heterocycles. The number of hydrogen-bond donors (Lipinski definition) is 1. The van der Waals surface area contributed by atoms with Crippen molar-refractivity contribution in [3.63, 3.8) is 0 Å². The van der Waals surface area contributed by atoms with Gasteiger partial charge in [-0.25, -0.2) is 0 Å². The van der Waals surface area contributed by atoms with Gasteiger partial charge in [-0.3, -0.25) is 0 Å². The molecule has 9 atom stereocenters. The Morgan fingerprint density at radius 2 is 1.70 bits per heavy atom. The fourth-order valence-corrected chi connectivity index (χ4v) is 10.5. The smallest absolute Gasteiger partial charge is 0.0543 e. The summed E-state index contributed by atoms with van der Waals surface area (Å²) in [5.41, 5.74) is 3.83. The average Bonchev–Trinajstić information content (AvgIpc) is 3.28. The standard InChI is InChI=1S/C29H48O/c1-19(2)20(3)7-8-21(4)24-12-13-27(6)25-10-9-22-17-23(30)11-14-28(22)18-29(25,28)16-15-26(24,27)5/h19,21-25,30H,3,7-18H2,1-2,4-6H3/t21-,22?,23?,24-,25+,26-,27+,28-,29-/m1/s1. The molecule has 5 aliphatic carbocycles. The largest absolute Gasteiger partial charge is 0.393 e. The quantitative estimate of drug-likeness (QED) is 0.457. The van der Waals surface area contributed by atoms with Crippen molar-refractivity contribution in [2.24, 2.45) is 51.2 Å². The van der Waals surface area contributed by atoms with Crippen molar-refractivity contribution in [2.45, 2.75) is 118 Å². The van der Waals surface area contributed by atoms with E-state index < -0.39 is 0 Å². The van der Waals surface area contributed by atoms with Gasteiger partial charge >= 0.3 is 0 Å². The second-order valence-corrected chi connectivity index (χ2v) is 13.6. The zero-order valence-corrected chi connectivity index (χ0v) is 20.6. The van der Waals surface area contributed by atoms with Crippen LogP contribution in [-0.2, 0) is 0 Å². The molecule has 0 amide bonds. The lowest BCUT2D eigenvalue weighted by Gasteiger charge is -2.61. The number of aliphatic hydroxyl groups is 1. The van der Waals surface area contributed by atoms with E-state index in [4.69, 9.17) is 0 Å². The number of aliphatic hydroxyl groups excluding tert-OH is 1. The summed E-state index contributed by atoms with van der Waals surface area (Å²) < 4.78 is 0. The van der Waals surface area contributed by atoms with E-state index in [0.717, 1.165) is 36.5 Å². The second-order valence-electron chi connectivity index (χ2n) is 13.6. The van der Waals surface area contributed by atoms with E-state index in [2.05, 4.69) is 41.2 Å². The SMILES string of the molecule is C=C(CC[C@@H](C)[C@H]1CC[C@@]2(C)[C@@H]3CCC4CC(O)CC[C@@]45C[C@]35CC[C@]12C)C(C)C. The van der Waals surface area contributed by atoms with Gasteiger partial charge < -0.3 is 5.11 Å². The van der Waals surface area contributed by atoms with Gasteiger partial charge in [0.15, 0.2) is 0 Å². The second kappa shape index (κ2) is 6.85. The molecule has 30 heavy (non-hydrogen) atoms. The molecule has 5 aliphatic rings. The third-order valence-electron chi connectivity index (χ3n) is 12.6. The summed E-state index contributed by atoms with van der Waals surface area (Å²) in [7, 11) is 0. The highest BCUT2D eigenvalue weighted by Gasteiger charge is 2.80. The highest BCUT2D eigenvalue weighted by molar-refractivity contribution is 5.29. The molecule has 0 bridgehead atoms. The van der Waals surface area contributed by atoms with Crippen LogP contribution in [0.15, 0.2) is 12.2 Å². The molecule has 0 aromatic carbocycles. The molecule has 2 spiro atoms. The summed E-state index contributed by atoms with van der Waals surface area (Å²) in [5, 5.41) is 10.3. The molecule has 0 aromatic rings. The average molecular weight is 413 g/mol. The Labute approximate surface area is 186 Å². The first-order valence-electron chi connectivity index (χ1n) is 13.5. The summed E-state index contributed by atoms with van der Waals surface area (Å²) in [6.07, 6.45) is 16.4. The first-order chi connectivity index (χ1) is 14.1. The molecule has 0 aromatic heterocycles. The van der Waals surface area contributed by atoms with Gasteiger partial charge in [-0.05, 0) is 128 Å². The van der Waals surface area contributed by atoms with Crippen molar-refractivity contribution >= 4 is 0 Å². The minimum Gasteiger partial charge on any atom is -0.393 e. The molecular formula is C29H48O. The van der Waals surface area contributed by atoms with E-state index in [1.165, 1.54) is 69.8 Å². The van der Waals surface area contributed by atoms with E-state index in [-0.39, 0.29) is 6.10 Å². The van der Waals surface area contributed by atoms with Gasteiger partial charge in [-0.2, -0.15) is 0 Å². The molecular weight excluding hydrogens is 364 g/mol. The molecule has 1 heteroatoms. The molecule has 2 unspecified atom stereocenters. The van der Waals surface area contributed by atoms with E-state index in [0.29, 0.717) is 27.6 Å². The van der Waals surface area contributed by atoms with Crippen LogP contribution in [0.4, 0.5) is 0 Å². The van der Waals surface area contributed by atoms with Crippen LogP contribution >= 0.6 is 0 Å². The highest BCUT2D eigenvalue weighted by atomic mass is 16.3. The Bertz CT molecular complexity index is 709. The number of hydrogen-bond acceptors (Lipinski definition) is 1. The van der Waals surface area contributed by atoms with Crippen LogP contribution < -0.4 is 0 Å². The Kier molecular flexibility index (Phi) is 4.92. The van der Waals surface area contributed by atoms with E-state index in [1.54, 1.807) is 0 Å². The van der Waals surface area contributed by atoms with Crippen molar-refractivity contribution < 1.29 is 5.11 Å². The lowest BCUT2D eigenvalue weighted by Crippen LogP contribution is -2.55. The molecule has 5 rings (SSSR count). The maximum Gasteiger partial charge on any atom is 0.0543 e. The third-order valence-corrected chi connectivity index (χ3v) is 12.6. The zero-order valence-electron chi connectivity index (χ0n) is 20.6. The Morgan fingerprint density at radius 1 is 0.933 bits per heavy atom. The summed E-state index contributed by atoms with van der Waals surface area (Å²) in [5.74, 6) is 4.16. The van der Waals surface area contributed by atoms with Gasteiger partial charge in [0.1, 0.15) is 0 Å². The van der Waals surface area contributed by atoms with Crippen LogP contribution in [-0.4, -0.2) is 11.2 Å². The van der Waals surface area contributed by atoms with Crippen molar-refractivity contribution in [1.29, 1.82) is 0 Å². The molecule has 170 valence electrons. The van der Waals surface area contributed by atoms with Gasteiger partial charge in [0, 0.05) is 0 Å². The molecule has 0 saturated heterocycles. The number of rotatable bonds is 5. The first-order valence-corrected chi connectivity index (χ1v) is 13.5. The van der Waals surface area contributed by atoms with E-state index >= 15 is 0 Å². The lowest BCUT2D eigenvalue weighted by atomic mass is 9.43. The number of fused-ring (bicyclic) bond motifs is 2. The summed E-state index contributed by atoms with van der Waals surface area (Å²) in [6.45, 7) is 17.0. The van der Waals surface area contributed by atoms with Crippen LogP contribution in [0.3, 0.4) is 0 Å². The molecule has 5 fully saturated rings. The van der Waals surface area contributed by atoms with Crippen LogP contribution in [0, 0.1) is 51.2 Å². The Balaban J connectivity index is 1.36. The van der Waals surface area contributed by atoms with Gasteiger partial charge in [-0.1, -0.05) is 46.8 Å². The minimum absolute atomic E-state index is 0.00318. The normalized spacial score (nSPS) is 52.8. The van der Waals surface area contributed by atoms with Crippen LogP contribution in [0.2, 0.25) is 0 Å².